The first kappa shape index (κ1) is 14.0. The summed E-state index contributed by atoms with van der Waals surface area (Å²) in [4.78, 5) is 14.0. The molecule has 4 heteroatoms. The lowest BCUT2D eigenvalue weighted by atomic mass is 9.98. The lowest BCUT2D eigenvalue weighted by Gasteiger charge is -2.22. The van der Waals surface area contributed by atoms with E-state index >= 15 is 0 Å². The van der Waals surface area contributed by atoms with E-state index in [1.165, 1.54) is 12.1 Å². The number of amides is 1. The van der Waals surface area contributed by atoms with Gasteiger partial charge in [-0.2, -0.15) is 0 Å². The van der Waals surface area contributed by atoms with Gasteiger partial charge in [-0.3, -0.25) is 4.79 Å². The van der Waals surface area contributed by atoms with Crippen LogP contribution in [0.2, 0.25) is 0 Å². The van der Waals surface area contributed by atoms with Crippen molar-refractivity contribution in [2.24, 2.45) is 0 Å². The molecule has 0 aromatic heterocycles. The summed E-state index contributed by atoms with van der Waals surface area (Å²) in [6.07, 6.45) is 2.46. The Morgan fingerprint density at radius 3 is 2.68 bits per heavy atom. The molecule has 1 aromatic carbocycles. The van der Waals surface area contributed by atoms with Gasteiger partial charge in [0.05, 0.1) is 12.0 Å². The van der Waals surface area contributed by atoms with Crippen LogP contribution in [0.25, 0.3) is 0 Å². The van der Waals surface area contributed by atoms with Gasteiger partial charge in [0.2, 0.25) is 5.91 Å². The number of aliphatic hydroxyl groups is 1. The maximum Gasteiger partial charge on any atom is 0.226 e. The molecule has 1 amide bonds. The molecule has 1 aromatic rings. The molecule has 104 valence electrons. The van der Waals surface area contributed by atoms with Crippen molar-refractivity contribution in [2.75, 3.05) is 13.1 Å². The van der Waals surface area contributed by atoms with E-state index in [1.807, 2.05) is 6.92 Å². The second-order valence-electron chi connectivity index (χ2n) is 5.53. The molecule has 0 bridgehead atoms. The number of halogens is 1. The van der Waals surface area contributed by atoms with Gasteiger partial charge in [-0.15, -0.1) is 0 Å². The van der Waals surface area contributed by atoms with Crippen LogP contribution in [-0.4, -0.2) is 34.6 Å². The normalized spacial score (nSPS) is 24.1. The molecule has 1 atom stereocenters. The van der Waals surface area contributed by atoms with Crippen molar-refractivity contribution in [2.45, 2.75) is 38.2 Å². The van der Waals surface area contributed by atoms with Gasteiger partial charge in [0.1, 0.15) is 5.82 Å². The highest BCUT2D eigenvalue weighted by Crippen LogP contribution is 2.21. The zero-order valence-corrected chi connectivity index (χ0v) is 11.2. The van der Waals surface area contributed by atoms with Crippen LogP contribution < -0.4 is 0 Å². The van der Waals surface area contributed by atoms with Crippen LogP contribution in [0.1, 0.15) is 31.7 Å². The molecule has 19 heavy (non-hydrogen) atoms. The average Bonchev–Trinajstić information content (AvgIpc) is 2.53. The summed E-state index contributed by atoms with van der Waals surface area (Å²) in [5, 5.41) is 9.99. The van der Waals surface area contributed by atoms with Crippen LogP contribution >= 0.6 is 0 Å². The minimum absolute atomic E-state index is 0.0457. The molecular weight excluding hydrogens is 245 g/mol. The molecule has 1 aliphatic heterocycles. The van der Waals surface area contributed by atoms with Gasteiger partial charge in [0, 0.05) is 13.1 Å². The number of hydrogen-bond donors (Lipinski definition) is 1. The van der Waals surface area contributed by atoms with Gasteiger partial charge < -0.3 is 10.0 Å². The molecule has 0 aliphatic carbocycles. The topological polar surface area (TPSA) is 40.5 Å². The number of likely N-dealkylation sites (tertiary alicyclic amines) is 1. The minimum atomic E-state index is -0.662. The Bertz CT molecular complexity index is 442. The van der Waals surface area contributed by atoms with Crippen LogP contribution in [0.4, 0.5) is 4.39 Å². The van der Waals surface area contributed by atoms with Crippen molar-refractivity contribution >= 4 is 5.91 Å². The molecule has 2 rings (SSSR count). The zero-order chi connectivity index (χ0) is 13.9. The predicted molar refractivity (Wildman–Crippen MR) is 71.2 cm³/mol. The molecule has 1 saturated heterocycles. The molecule has 1 fully saturated rings. The summed E-state index contributed by atoms with van der Waals surface area (Å²) in [6, 6.07) is 6.02. The van der Waals surface area contributed by atoms with Crippen LogP contribution in [0.3, 0.4) is 0 Å². The fourth-order valence-electron chi connectivity index (χ4n) is 2.40. The number of carbonyl (C=O) groups is 1. The van der Waals surface area contributed by atoms with Crippen LogP contribution in [0.5, 0.6) is 0 Å². The highest BCUT2D eigenvalue weighted by Gasteiger charge is 2.26. The Morgan fingerprint density at radius 1 is 1.32 bits per heavy atom. The quantitative estimate of drug-likeness (QED) is 0.890. The first-order valence-corrected chi connectivity index (χ1v) is 6.71. The largest absolute Gasteiger partial charge is 0.390 e. The van der Waals surface area contributed by atoms with Crippen molar-refractivity contribution < 1.29 is 14.3 Å². The van der Waals surface area contributed by atoms with Crippen molar-refractivity contribution in [3.8, 4) is 0 Å². The van der Waals surface area contributed by atoms with Gasteiger partial charge in [-0.25, -0.2) is 4.39 Å². The SMILES string of the molecule is CC1(O)CCCN(C(=O)Cc2ccc(F)cc2)CC1. The van der Waals surface area contributed by atoms with Gasteiger partial charge in [-0.1, -0.05) is 12.1 Å². The van der Waals surface area contributed by atoms with E-state index in [2.05, 4.69) is 0 Å². The van der Waals surface area contributed by atoms with Crippen molar-refractivity contribution in [3.05, 3.63) is 35.6 Å². The van der Waals surface area contributed by atoms with E-state index in [1.54, 1.807) is 17.0 Å². The van der Waals surface area contributed by atoms with E-state index < -0.39 is 5.60 Å². The average molecular weight is 265 g/mol. The van der Waals surface area contributed by atoms with Crippen LogP contribution in [0.15, 0.2) is 24.3 Å². The molecule has 0 saturated carbocycles. The maximum atomic E-state index is 12.8. The smallest absolute Gasteiger partial charge is 0.226 e. The molecule has 0 spiro atoms. The minimum Gasteiger partial charge on any atom is -0.390 e. The van der Waals surface area contributed by atoms with E-state index in [-0.39, 0.29) is 11.7 Å². The number of carbonyl (C=O) groups excluding carboxylic acids is 1. The molecule has 1 aliphatic rings. The summed E-state index contributed by atoms with van der Waals surface area (Å²) in [7, 11) is 0. The third-order valence-corrected chi connectivity index (χ3v) is 3.69. The third kappa shape index (κ3) is 4.03. The Kier molecular flexibility index (Phi) is 4.20. The summed E-state index contributed by atoms with van der Waals surface area (Å²) in [5.74, 6) is -0.244. The molecule has 1 unspecified atom stereocenters. The second kappa shape index (κ2) is 5.70. The number of hydrogen-bond acceptors (Lipinski definition) is 2. The standard InChI is InChI=1S/C15H20FNO2/c1-15(19)7-2-9-17(10-8-15)14(18)11-12-3-5-13(16)6-4-12/h3-6,19H,2,7-11H2,1H3. The van der Waals surface area contributed by atoms with E-state index in [0.717, 1.165) is 18.4 Å². The van der Waals surface area contributed by atoms with Crippen molar-refractivity contribution in [1.82, 2.24) is 4.90 Å². The number of benzene rings is 1. The lowest BCUT2D eigenvalue weighted by Crippen LogP contribution is -2.34. The highest BCUT2D eigenvalue weighted by atomic mass is 19.1. The van der Waals surface area contributed by atoms with Gasteiger partial charge in [0.25, 0.3) is 0 Å². The van der Waals surface area contributed by atoms with Crippen LogP contribution in [0, 0.1) is 5.82 Å². The Labute approximate surface area is 113 Å². The zero-order valence-electron chi connectivity index (χ0n) is 11.2. The fraction of sp³-hybridized carbons (Fsp3) is 0.533. The number of nitrogens with zero attached hydrogens (tertiary/aromatic N) is 1. The van der Waals surface area contributed by atoms with Gasteiger partial charge >= 0.3 is 0 Å². The summed E-state index contributed by atoms with van der Waals surface area (Å²) < 4.78 is 12.8. The molecule has 3 nitrogen and oxygen atoms in total. The fourth-order valence-corrected chi connectivity index (χ4v) is 2.40. The van der Waals surface area contributed by atoms with E-state index in [9.17, 15) is 14.3 Å². The Morgan fingerprint density at radius 2 is 2.00 bits per heavy atom. The van der Waals surface area contributed by atoms with Crippen molar-refractivity contribution in [1.29, 1.82) is 0 Å². The van der Waals surface area contributed by atoms with E-state index in [4.69, 9.17) is 0 Å². The van der Waals surface area contributed by atoms with E-state index in [0.29, 0.717) is 25.9 Å². The highest BCUT2D eigenvalue weighted by molar-refractivity contribution is 5.78. The molecule has 0 radical (unpaired) electrons. The second-order valence-corrected chi connectivity index (χ2v) is 5.53. The van der Waals surface area contributed by atoms with Crippen molar-refractivity contribution in [3.63, 3.8) is 0 Å². The van der Waals surface area contributed by atoms with Gasteiger partial charge in [0.15, 0.2) is 0 Å². The first-order valence-electron chi connectivity index (χ1n) is 6.71. The predicted octanol–water partition coefficient (Wildman–Crippen LogP) is 2.13. The molecule has 1 heterocycles. The van der Waals surface area contributed by atoms with Crippen LogP contribution in [-0.2, 0) is 11.2 Å². The molecule has 1 N–H and O–H groups in total. The summed E-state index contributed by atoms with van der Waals surface area (Å²) >= 11 is 0. The Hall–Kier alpha value is -1.42. The number of rotatable bonds is 2. The Balaban J connectivity index is 1.94. The third-order valence-electron chi connectivity index (χ3n) is 3.69. The summed E-state index contributed by atoms with van der Waals surface area (Å²) in [5.41, 5.74) is 0.160. The lowest BCUT2D eigenvalue weighted by molar-refractivity contribution is -0.130. The maximum absolute atomic E-state index is 12.8. The first-order chi connectivity index (χ1) is 8.96. The summed E-state index contributed by atoms with van der Waals surface area (Å²) in [6.45, 7) is 3.10. The monoisotopic (exact) mass is 265 g/mol. The van der Waals surface area contributed by atoms with Gasteiger partial charge in [-0.05, 0) is 43.9 Å². The molecular formula is C15H20FNO2.